The summed E-state index contributed by atoms with van der Waals surface area (Å²) in [4.78, 5) is 0. The predicted octanol–water partition coefficient (Wildman–Crippen LogP) is 5.40. The molecule has 0 radical (unpaired) electrons. The molecule has 1 heteroatoms. The maximum atomic E-state index is 3.92. The van der Waals surface area contributed by atoms with E-state index in [0.29, 0.717) is 0 Å². The third kappa shape index (κ3) is 5.85. The van der Waals surface area contributed by atoms with E-state index in [9.17, 15) is 0 Å². The van der Waals surface area contributed by atoms with Gasteiger partial charge in [0.2, 0.25) is 0 Å². The third-order valence-corrected chi connectivity index (χ3v) is 5.03. The lowest BCUT2D eigenvalue weighted by Gasteiger charge is -2.38. The number of hydrogen-bond donors (Lipinski definition) is 1. The number of rotatable bonds is 9. The first-order chi connectivity index (χ1) is 9.22. The van der Waals surface area contributed by atoms with Crippen molar-refractivity contribution in [2.75, 3.05) is 6.54 Å². The minimum atomic E-state index is 0.798. The monoisotopic (exact) mass is 267 g/mol. The van der Waals surface area contributed by atoms with Crippen LogP contribution in [0.2, 0.25) is 0 Å². The van der Waals surface area contributed by atoms with Crippen LogP contribution >= 0.6 is 0 Å². The Balaban J connectivity index is 2.61. The van der Waals surface area contributed by atoms with Crippen molar-refractivity contribution in [2.24, 2.45) is 17.8 Å². The zero-order valence-electron chi connectivity index (χ0n) is 13.9. The maximum absolute atomic E-state index is 3.92. The van der Waals surface area contributed by atoms with Crippen molar-refractivity contribution in [3.05, 3.63) is 0 Å². The summed E-state index contributed by atoms with van der Waals surface area (Å²) in [7, 11) is 0. The first-order valence-corrected chi connectivity index (χ1v) is 8.96. The van der Waals surface area contributed by atoms with Crippen LogP contribution in [0.4, 0.5) is 0 Å². The van der Waals surface area contributed by atoms with Gasteiger partial charge in [-0.05, 0) is 56.4 Å². The van der Waals surface area contributed by atoms with Crippen LogP contribution in [0.3, 0.4) is 0 Å². The predicted molar refractivity (Wildman–Crippen MR) is 86.5 cm³/mol. The summed E-state index contributed by atoms with van der Waals surface area (Å²) in [5, 5.41) is 3.92. The Kier molecular flexibility index (Phi) is 8.77. The van der Waals surface area contributed by atoms with E-state index >= 15 is 0 Å². The van der Waals surface area contributed by atoms with Crippen LogP contribution in [0.25, 0.3) is 0 Å². The molecule has 1 N–H and O–H groups in total. The Bertz CT molecular complexity index is 200. The van der Waals surface area contributed by atoms with E-state index < -0.39 is 0 Å². The lowest BCUT2D eigenvalue weighted by atomic mass is 9.73. The Labute approximate surface area is 121 Å². The van der Waals surface area contributed by atoms with Crippen LogP contribution in [0.1, 0.15) is 85.5 Å². The number of hydrogen-bond acceptors (Lipinski definition) is 1. The van der Waals surface area contributed by atoms with Gasteiger partial charge in [0.15, 0.2) is 0 Å². The summed E-state index contributed by atoms with van der Waals surface area (Å²) < 4.78 is 0. The average molecular weight is 268 g/mol. The van der Waals surface area contributed by atoms with Crippen LogP contribution in [0.15, 0.2) is 0 Å². The molecule has 0 aromatic rings. The van der Waals surface area contributed by atoms with Gasteiger partial charge in [-0.1, -0.05) is 53.4 Å². The van der Waals surface area contributed by atoms with Gasteiger partial charge in [0, 0.05) is 6.04 Å². The average Bonchev–Trinajstić information content (AvgIpc) is 2.41. The summed E-state index contributed by atoms with van der Waals surface area (Å²) in [5.41, 5.74) is 0. The second-order valence-electron chi connectivity index (χ2n) is 6.84. The van der Waals surface area contributed by atoms with Gasteiger partial charge in [0.25, 0.3) is 0 Å². The minimum absolute atomic E-state index is 0.798. The summed E-state index contributed by atoms with van der Waals surface area (Å²) >= 11 is 0. The van der Waals surface area contributed by atoms with Gasteiger partial charge in [-0.15, -0.1) is 0 Å². The van der Waals surface area contributed by atoms with E-state index in [1.807, 2.05) is 0 Å². The van der Waals surface area contributed by atoms with Gasteiger partial charge in [-0.2, -0.15) is 0 Å². The van der Waals surface area contributed by atoms with Crippen molar-refractivity contribution >= 4 is 0 Å². The van der Waals surface area contributed by atoms with Crippen molar-refractivity contribution in [3.63, 3.8) is 0 Å². The maximum Gasteiger partial charge on any atom is 0.0124 e. The highest BCUT2D eigenvalue weighted by Crippen LogP contribution is 2.35. The van der Waals surface area contributed by atoms with Gasteiger partial charge in [0.1, 0.15) is 0 Å². The van der Waals surface area contributed by atoms with Crippen LogP contribution in [-0.4, -0.2) is 12.6 Å². The zero-order chi connectivity index (χ0) is 14.1. The lowest BCUT2D eigenvalue weighted by Crippen LogP contribution is -2.44. The molecule has 0 amide bonds. The van der Waals surface area contributed by atoms with Crippen LogP contribution in [0.5, 0.6) is 0 Å². The molecule has 0 saturated heterocycles. The molecular weight excluding hydrogens is 230 g/mol. The van der Waals surface area contributed by atoms with Gasteiger partial charge in [-0.3, -0.25) is 0 Å². The van der Waals surface area contributed by atoms with E-state index in [1.54, 1.807) is 0 Å². The van der Waals surface area contributed by atoms with Crippen LogP contribution < -0.4 is 5.32 Å². The quantitative estimate of drug-likeness (QED) is 0.590. The highest BCUT2D eigenvalue weighted by atomic mass is 14.9. The molecule has 0 heterocycles. The summed E-state index contributed by atoms with van der Waals surface area (Å²) in [5.74, 6) is 2.84. The summed E-state index contributed by atoms with van der Waals surface area (Å²) in [6, 6.07) is 0.798. The van der Waals surface area contributed by atoms with Gasteiger partial charge < -0.3 is 5.32 Å². The fraction of sp³-hybridized carbons (Fsp3) is 1.00. The molecule has 0 spiro atoms. The van der Waals surface area contributed by atoms with E-state index in [4.69, 9.17) is 0 Å². The Morgan fingerprint density at radius 2 is 1.47 bits per heavy atom. The second kappa shape index (κ2) is 9.80. The zero-order valence-corrected chi connectivity index (χ0v) is 13.9. The Morgan fingerprint density at radius 1 is 0.895 bits per heavy atom. The molecule has 1 fully saturated rings. The molecular formula is C18H37N. The largest absolute Gasteiger partial charge is 0.313 e. The summed E-state index contributed by atoms with van der Waals surface area (Å²) in [6.07, 6.45) is 12.6. The van der Waals surface area contributed by atoms with Gasteiger partial charge >= 0.3 is 0 Å². The molecule has 1 aliphatic carbocycles. The third-order valence-electron chi connectivity index (χ3n) is 5.03. The van der Waals surface area contributed by atoms with E-state index in [2.05, 4.69) is 33.0 Å². The highest BCUT2D eigenvalue weighted by molar-refractivity contribution is 4.86. The molecule has 1 unspecified atom stereocenters. The minimum Gasteiger partial charge on any atom is -0.313 e. The molecule has 1 nitrogen and oxygen atoms in total. The molecule has 0 aliphatic heterocycles. The van der Waals surface area contributed by atoms with Crippen molar-refractivity contribution < 1.29 is 0 Å². The van der Waals surface area contributed by atoms with Gasteiger partial charge in [0.05, 0.1) is 0 Å². The van der Waals surface area contributed by atoms with Gasteiger partial charge in [-0.25, -0.2) is 0 Å². The van der Waals surface area contributed by atoms with Crippen molar-refractivity contribution in [2.45, 2.75) is 91.5 Å². The SMILES string of the molecule is CCCNC(C(CCC)CCC)C1CCC(C)CC1. The molecule has 1 rings (SSSR count). The molecule has 114 valence electrons. The number of nitrogens with one attached hydrogen (secondary N) is 1. The first kappa shape index (κ1) is 17.0. The van der Waals surface area contributed by atoms with Crippen molar-refractivity contribution in [3.8, 4) is 0 Å². The van der Waals surface area contributed by atoms with E-state index in [-0.39, 0.29) is 0 Å². The van der Waals surface area contributed by atoms with Crippen LogP contribution in [-0.2, 0) is 0 Å². The first-order valence-electron chi connectivity index (χ1n) is 8.96. The standard InChI is InChI=1S/C18H37N/c1-5-8-16(9-6-2)18(19-14-7-3)17-12-10-15(4)11-13-17/h15-19H,5-14H2,1-4H3. The molecule has 0 bridgehead atoms. The lowest BCUT2D eigenvalue weighted by molar-refractivity contribution is 0.170. The fourth-order valence-corrected chi connectivity index (χ4v) is 3.92. The van der Waals surface area contributed by atoms with E-state index in [1.165, 1.54) is 64.3 Å². The molecule has 0 aromatic heterocycles. The molecule has 0 aromatic carbocycles. The molecule has 1 saturated carbocycles. The molecule has 1 atom stereocenters. The normalized spacial score (nSPS) is 25.7. The Hall–Kier alpha value is -0.0400. The Morgan fingerprint density at radius 3 is 1.95 bits per heavy atom. The highest BCUT2D eigenvalue weighted by Gasteiger charge is 2.30. The van der Waals surface area contributed by atoms with E-state index in [0.717, 1.165) is 23.8 Å². The van der Waals surface area contributed by atoms with Crippen molar-refractivity contribution in [1.29, 1.82) is 0 Å². The molecule has 1 aliphatic rings. The topological polar surface area (TPSA) is 12.0 Å². The fourth-order valence-electron chi connectivity index (χ4n) is 3.92. The van der Waals surface area contributed by atoms with Crippen LogP contribution in [0, 0.1) is 17.8 Å². The molecule has 19 heavy (non-hydrogen) atoms. The summed E-state index contributed by atoms with van der Waals surface area (Å²) in [6.45, 7) is 10.6. The smallest absolute Gasteiger partial charge is 0.0124 e. The van der Waals surface area contributed by atoms with Crippen molar-refractivity contribution in [1.82, 2.24) is 5.32 Å². The second-order valence-corrected chi connectivity index (χ2v) is 6.84.